The summed E-state index contributed by atoms with van der Waals surface area (Å²) in [5.74, 6) is -0.438. The molecule has 0 bridgehead atoms. The molecule has 1 heterocycles. The second-order valence-corrected chi connectivity index (χ2v) is 5.13. The Balaban J connectivity index is 2.11. The van der Waals surface area contributed by atoms with E-state index in [9.17, 15) is 8.78 Å². The van der Waals surface area contributed by atoms with Gasteiger partial charge in [-0.15, -0.1) is 0 Å². The molecule has 1 N–H and O–H groups in total. The second-order valence-electron chi connectivity index (χ2n) is 4.69. The lowest BCUT2D eigenvalue weighted by molar-refractivity contribution is 0.465. The van der Waals surface area contributed by atoms with Crippen molar-refractivity contribution in [1.29, 1.82) is 0 Å². The van der Waals surface area contributed by atoms with Crippen LogP contribution in [0.3, 0.4) is 0 Å². The normalized spacial score (nSPS) is 12.8. The van der Waals surface area contributed by atoms with E-state index in [2.05, 4.69) is 5.32 Å². The van der Waals surface area contributed by atoms with Crippen molar-refractivity contribution < 1.29 is 13.2 Å². The molecule has 1 aromatic heterocycles. The highest BCUT2D eigenvalue weighted by molar-refractivity contribution is 6.30. The fourth-order valence-corrected chi connectivity index (χ4v) is 2.54. The van der Waals surface area contributed by atoms with Gasteiger partial charge in [0, 0.05) is 16.0 Å². The maximum atomic E-state index is 14.1. The number of rotatable bonds is 3. The maximum absolute atomic E-state index is 14.1. The van der Waals surface area contributed by atoms with Crippen LogP contribution in [0.1, 0.15) is 17.4 Å². The third-order valence-electron chi connectivity index (χ3n) is 3.36. The van der Waals surface area contributed by atoms with Crippen molar-refractivity contribution in [1.82, 2.24) is 5.32 Å². The summed E-state index contributed by atoms with van der Waals surface area (Å²) < 4.78 is 33.3. The van der Waals surface area contributed by atoms with E-state index in [-0.39, 0.29) is 5.58 Å². The van der Waals surface area contributed by atoms with Crippen molar-refractivity contribution in [3.63, 3.8) is 0 Å². The van der Waals surface area contributed by atoms with Crippen molar-refractivity contribution in [3.05, 3.63) is 70.4 Å². The SMILES string of the molecule is CNC(c1cc2cccc(F)c2o1)c1ccc(Cl)cc1F. The molecule has 2 nitrogen and oxygen atoms in total. The van der Waals surface area contributed by atoms with Gasteiger partial charge in [0.15, 0.2) is 11.4 Å². The van der Waals surface area contributed by atoms with Crippen LogP contribution in [0.2, 0.25) is 5.02 Å². The molecule has 21 heavy (non-hydrogen) atoms. The number of fused-ring (bicyclic) bond motifs is 1. The van der Waals surface area contributed by atoms with E-state index >= 15 is 0 Å². The molecule has 0 saturated carbocycles. The second kappa shape index (κ2) is 5.47. The van der Waals surface area contributed by atoms with Gasteiger partial charge in [-0.25, -0.2) is 8.78 Å². The Kier molecular flexibility index (Phi) is 3.66. The van der Waals surface area contributed by atoms with Gasteiger partial charge in [0.1, 0.15) is 11.6 Å². The van der Waals surface area contributed by atoms with Crippen molar-refractivity contribution in [2.75, 3.05) is 7.05 Å². The zero-order valence-electron chi connectivity index (χ0n) is 11.2. The van der Waals surface area contributed by atoms with Crippen LogP contribution in [-0.4, -0.2) is 7.05 Å². The van der Waals surface area contributed by atoms with E-state index in [0.717, 1.165) is 0 Å². The van der Waals surface area contributed by atoms with Gasteiger partial charge < -0.3 is 9.73 Å². The summed E-state index contributed by atoms with van der Waals surface area (Å²) in [5, 5.41) is 3.94. The standard InChI is InChI=1S/C16H12ClF2NO/c1-20-15(11-6-5-10(17)8-13(11)19)14-7-9-3-2-4-12(18)16(9)21-14/h2-8,15,20H,1H3. The topological polar surface area (TPSA) is 25.2 Å². The van der Waals surface area contributed by atoms with Gasteiger partial charge in [-0.05, 0) is 31.3 Å². The highest BCUT2D eigenvalue weighted by Crippen LogP contribution is 2.31. The fraction of sp³-hybridized carbons (Fsp3) is 0.125. The number of halogens is 3. The summed E-state index contributed by atoms with van der Waals surface area (Å²) >= 11 is 5.76. The monoisotopic (exact) mass is 307 g/mol. The van der Waals surface area contributed by atoms with Gasteiger partial charge in [-0.1, -0.05) is 29.8 Å². The first kappa shape index (κ1) is 14.0. The molecule has 0 saturated heterocycles. The van der Waals surface area contributed by atoms with E-state index in [0.29, 0.717) is 21.7 Å². The number of furan rings is 1. The Hall–Kier alpha value is -1.91. The lowest BCUT2D eigenvalue weighted by atomic mass is 10.0. The summed E-state index contributed by atoms with van der Waals surface area (Å²) in [6.45, 7) is 0. The molecular weight excluding hydrogens is 296 g/mol. The van der Waals surface area contributed by atoms with Crippen LogP contribution < -0.4 is 5.32 Å². The Labute approximate surface area is 125 Å². The zero-order chi connectivity index (χ0) is 15.0. The van der Waals surface area contributed by atoms with Crippen molar-refractivity contribution in [2.45, 2.75) is 6.04 Å². The molecule has 3 rings (SSSR count). The lowest BCUT2D eigenvalue weighted by Gasteiger charge is -2.15. The molecule has 1 atom stereocenters. The van der Waals surface area contributed by atoms with Crippen LogP contribution in [0.4, 0.5) is 8.78 Å². The minimum absolute atomic E-state index is 0.169. The van der Waals surface area contributed by atoms with Crippen LogP contribution in [0, 0.1) is 11.6 Å². The molecule has 3 aromatic rings. The van der Waals surface area contributed by atoms with Gasteiger partial charge in [-0.2, -0.15) is 0 Å². The highest BCUT2D eigenvalue weighted by Gasteiger charge is 2.21. The molecular formula is C16H12ClF2NO. The number of nitrogens with one attached hydrogen (secondary N) is 1. The first-order valence-electron chi connectivity index (χ1n) is 6.40. The summed E-state index contributed by atoms with van der Waals surface area (Å²) in [7, 11) is 1.68. The van der Waals surface area contributed by atoms with Gasteiger partial charge in [0.05, 0.1) is 6.04 Å². The Morgan fingerprint density at radius 1 is 1.10 bits per heavy atom. The quantitative estimate of drug-likeness (QED) is 0.760. The number of hydrogen-bond donors (Lipinski definition) is 1. The van der Waals surface area contributed by atoms with Crippen molar-refractivity contribution in [3.8, 4) is 0 Å². The lowest BCUT2D eigenvalue weighted by Crippen LogP contribution is -2.18. The molecule has 0 amide bonds. The Bertz CT molecular complexity index is 800. The van der Waals surface area contributed by atoms with E-state index in [4.69, 9.17) is 16.0 Å². The predicted molar refractivity (Wildman–Crippen MR) is 78.5 cm³/mol. The first-order chi connectivity index (χ1) is 10.1. The summed E-state index contributed by atoms with van der Waals surface area (Å²) in [6, 6.07) is 10.3. The first-order valence-corrected chi connectivity index (χ1v) is 6.78. The van der Waals surface area contributed by atoms with Crippen LogP contribution in [0.15, 0.2) is 46.9 Å². The molecule has 0 fully saturated rings. The molecule has 0 spiro atoms. The minimum atomic E-state index is -0.519. The third kappa shape index (κ3) is 2.52. The van der Waals surface area contributed by atoms with Crippen LogP contribution >= 0.6 is 11.6 Å². The number of benzene rings is 2. The molecule has 2 aromatic carbocycles. The molecule has 108 valence electrons. The largest absolute Gasteiger partial charge is 0.456 e. The molecule has 0 aliphatic carbocycles. The molecule has 0 aliphatic rings. The van der Waals surface area contributed by atoms with Crippen LogP contribution in [0.25, 0.3) is 11.0 Å². The molecule has 5 heteroatoms. The van der Waals surface area contributed by atoms with Gasteiger partial charge in [0.25, 0.3) is 0 Å². The highest BCUT2D eigenvalue weighted by atomic mass is 35.5. The van der Waals surface area contributed by atoms with Gasteiger partial charge >= 0.3 is 0 Å². The van der Waals surface area contributed by atoms with E-state index in [1.807, 2.05) is 0 Å². The van der Waals surface area contributed by atoms with Crippen LogP contribution in [0.5, 0.6) is 0 Å². The Morgan fingerprint density at radius 2 is 1.90 bits per heavy atom. The predicted octanol–water partition coefficient (Wildman–Crippen LogP) is 4.67. The molecule has 0 radical (unpaired) electrons. The van der Waals surface area contributed by atoms with Crippen molar-refractivity contribution in [2.24, 2.45) is 0 Å². The maximum Gasteiger partial charge on any atom is 0.169 e. The van der Waals surface area contributed by atoms with E-state index < -0.39 is 17.7 Å². The smallest absolute Gasteiger partial charge is 0.169 e. The van der Waals surface area contributed by atoms with E-state index in [1.165, 1.54) is 12.1 Å². The number of para-hydroxylation sites is 1. The zero-order valence-corrected chi connectivity index (χ0v) is 11.9. The average molecular weight is 308 g/mol. The Morgan fingerprint density at radius 3 is 2.57 bits per heavy atom. The summed E-state index contributed by atoms with van der Waals surface area (Å²) in [5.41, 5.74) is 0.559. The molecule has 1 unspecified atom stereocenters. The third-order valence-corrected chi connectivity index (χ3v) is 3.60. The van der Waals surface area contributed by atoms with Gasteiger partial charge in [0.2, 0.25) is 0 Å². The average Bonchev–Trinajstić information content (AvgIpc) is 2.87. The fourth-order valence-electron chi connectivity index (χ4n) is 2.38. The minimum Gasteiger partial charge on any atom is -0.456 e. The summed E-state index contributed by atoms with van der Waals surface area (Å²) in [6.07, 6.45) is 0. The van der Waals surface area contributed by atoms with Crippen molar-refractivity contribution >= 4 is 22.6 Å². The van der Waals surface area contributed by atoms with Gasteiger partial charge in [-0.3, -0.25) is 0 Å². The summed E-state index contributed by atoms with van der Waals surface area (Å²) in [4.78, 5) is 0. The van der Waals surface area contributed by atoms with Crippen LogP contribution in [-0.2, 0) is 0 Å². The molecule has 0 aliphatic heterocycles. The van der Waals surface area contributed by atoms with E-state index in [1.54, 1.807) is 37.4 Å². The number of hydrogen-bond acceptors (Lipinski definition) is 2.